The number of rotatable bonds is 4. The number of hydrogen-bond donors (Lipinski definition) is 0. The molecule has 0 aromatic carbocycles. The molecule has 0 spiro atoms. The van der Waals surface area contributed by atoms with Gasteiger partial charge in [0.15, 0.2) is 0 Å². The molecule has 0 fully saturated rings. The summed E-state index contributed by atoms with van der Waals surface area (Å²) >= 11 is 0. The largest absolute Gasteiger partial charge is 2.00 e. The first-order chi connectivity index (χ1) is 7.86. The molecule has 0 N–H and O–H groups in total. The Morgan fingerprint density at radius 3 is 1.59 bits per heavy atom. The van der Waals surface area contributed by atoms with Crippen LogP contribution in [-0.2, 0) is 19.5 Å². The Kier molecular flexibility index (Phi) is 9.67. The fourth-order valence-electron chi connectivity index (χ4n) is 1.49. The zero-order valence-electron chi connectivity index (χ0n) is 10.1. The predicted molar refractivity (Wildman–Crippen MR) is 70.7 cm³/mol. The summed E-state index contributed by atoms with van der Waals surface area (Å²) in [4.78, 5) is 0. The molecule has 0 aromatic rings. The monoisotopic (exact) mass is 312 g/mol. The normalized spacial score (nSPS) is 15.3. The van der Waals surface area contributed by atoms with Gasteiger partial charge < -0.3 is 0 Å². The summed E-state index contributed by atoms with van der Waals surface area (Å²) in [5.74, 6) is 0. The molecule has 0 saturated heterocycles. The number of hydrogen-bond acceptors (Lipinski definition) is 0. The minimum Gasteiger partial charge on any atom is -0.269 e. The maximum Gasteiger partial charge on any atom is 2.00 e. The Balaban J connectivity index is 0.000000284. The minimum atomic E-state index is 0. The van der Waals surface area contributed by atoms with E-state index in [0.29, 0.717) is 0 Å². The summed E-state index contributed by atoms with van der Waals surface area (Å²) in [6.45, 7) is 7.26. The first-order valence-corrected chi connectivity index (χ1v) is 5.61. The molecular formula is C16H18Ru. The van der Waals surface area contributed by atoms with E-state index in [9.17, 15) is 0 Å². The van der Waals surface area contributed by atoms with Crippen molar-refractivity contribution in [1.82, 2.24) is 0 Å². The van der Waals surface area contributed by atoms with E-state index in [4.69, 9.17) is 0 Å². The van der Waals surface area contributed by atoms with Gasteiger partial charge in [-0.3, -0.25) is 12.2 Å². The van der Waals surface area contributed by atoms with Crippen LogP contribution in [0.1, 0.15) is 25.7 Å². The molecule has 0 heterocycles. The molecule has 0 aliphatic heterocycles. The van der Waals surface area contributed by atoms with Gasteiger partial charge in [-0.05, 0) is 12.8 Å². The van der Waals surface area contributed by atoms with E-state index in [2.05, 4.69) is 49.6 Å². The summed E-state index contributed by atoms with van der Waals surface area (Å²) in [6, 6.07) is 0. The van der Waals surface area contributed by atoms with Crippen molar-refractivity contribution in [2.45, 2.75) is 25.7 Å². The molecule has 17 heavy (non-hydrogen) atoms. The van der Waals surface area contributed by atoms with Crippen LogP contribution >= 0.6 is 0 Å². The second-order valence-corrected chi connectivity index (χ2v) is 3.60. The first-order valence-electron chi connectivity index (χ1n) is 5.61. The van der Waals surface area contributed by atoms with Gasteiger partial charge in [-0.1, -0.05) is 12.2 Å². The maximum absolute atomic E-state index is 3.63. The van der Waals surface area contributed by atoms with E-state index < -0.39 is 0 Å². The molecule has 2 aliphatic rings. The molecule has 0 saturated carbocycles. The molecule has 0 nitrogen and oxygen atoms in total. The molecule has 0 radical (unpaired) electrons. The van der Waals surface area contributed by atoms with Crippen LogP contribution in [0.5, 0.6) is 0 Å². The van der Waals surface area contributed by atoms with Crippen molar-refractivity contribution in [1.29, 1.82) is 0 Å². The Morgan fingerprint density at radius 2 is 1.35 bits per heavy atom. The molecule has 0 unspecified atom stereocenters. The van der Waals surface area contributed by atoms with Crippen LogP contribution in [0.15, 0.2) is 60.8 Å². The summed E-state index contributed by atoms with van der Waals surface area (Å²) in [5, 5.41) is 0. The van der Waals surface area contributed by atoms with Crippen LogP contribution in [0.3, 0.4) is 0 Å². The Labute approximate surface area is 118 Å². The van der Waals surface area contributed by atoms with Crippen molar-refractivity contribution in [3.63, 3.8) is 0 Å². The molecule has 0 aromatic heterocycles. The molecular weight excluding hydrogens is 293 g/mol. The van der Waals surface area contributed by atoms with E-state index in [1.165, 1.54) is 11.1 Å². The second-order valence-electron chi connectivity index (χ2n) is 3.60. The van der Waals surface area contributed by atoms with Crippen molar-refractivity contribution in [3.8, 4) is 0 Å². The zero-order valence-corrected chi connectivity index (χ0v) is 11.8. The fraction of sp³-hybridized carbons (Fsp3) is 0.250. The summed E-state index contributed by atoms with van der Waals surface area (Å²) in [7, 11) is 0. The van der Waals surface area contributed by atoms with Crippen LogP contribution in [0.4, 0.5) is 0 Å². The van der Waals surface area contributed by atoms with Crippen LogP contribution in [-0.4, -0.2) is 0 Å². The quantitative estimate of drug-likeness (QED) is 0.407. The van der Waals surface area contributed by atoms with Crippen LogP contribution in [0.25, 0.3) is 0 Å². The fourth-order valence-corrected chi connectivity index (χ4v) is 1.49. The van der Waals surface area contributed by atoms with Crippen molar-refractivity contribution < 1.29 is 19.5 Å². The Morgan fingerprint density at radius 1 is 0.941 bits per heavy atom. The molecule has 0 amide bonds. The standard InChI is InChI=1S/2C8H9.Ru/c2*1-2-5-8-6-3-4-7-8;/h2*2-3,6H,1,4-5H2;/q2*-1;+2. The number of allylic oxidation sites excluding steroid dienone is 10. The smallest absolute Gasteiger partial charge is 0.269 e. The molecule has 90 valence electrons. The van der Waals surface area contributed by atoms with Crippen LogP contribution in [0, 0.1) is 12.2 Å². The van der Waals surface area contributed by atoms with Gasteiger partial charge in [0.2, 0.25) is 0 Å². The van der Waals surface area contributed by atoms with E-state index in [-0.39, 0.29) is 19.5 Å². The predicted octanol–water partition coefficient (Wildman–Crippen LogP) is 4.50. The maximum atomic E-state index is 3.63. The van der Waals surface area contributed by atoms with Crippen molar-refractivity contribution in [2.24, 2.45) is 0 Å². The second kappa shape index (κ2) is 10.2. The third-order valence-electron chi connectivity index (χ3n) is 2.26. The zero-order chi connectivity index (χ0) is 11.6. The molecule has 2 aliphatic carbocycles. The van der Waals surface area contributed by atoms with E-state index >= 15 is 0 Å². The van der Waals surface area contributed by atoms with Crippen molar-refractivity contribution in [3.05, 3.63) is 72.9 Å². The Bertz CT molecular complexity index is 318. The van der Waals surface area contributed by atoms with Crippen LogP contribution in [0.2, 0.25) is 0 Å². The molecule has 0 atom stereocenters. The third kappa shape index (κ3) is 7.07. The van der Waals surface area contributed by atoms with Gasteiger partial charge in [0, 0.05) is 0 Å². The van der Waals surface area contributed by atoms with Gasteiger partial charge >= 0.3 is 19.5 Å². The summed E-state index contributed by atoms with van der Waals surface area (Å²) in [6.07, 6.45) is 22.5. The third-order valence-corrected chi connectivity index (χ3v) is 2.26. The molecule has 1 heteroatoms. The summed E-state index contributed by atoms with van der Waals surface area (Å²) in [5.41, 5.74) is 2.56. The first kappa shape index (κ1) is 16.1. The SMILES string of the molecule is C=CCC1=[C-]CC=C1.C=CCC1=[C-]CC=C1.[Ru+2]. The van der Waals surface area contributed by atoms with E-state index in [1.807, 2.05) is 12.2 Å². The van der Waals surface area contributed by atoms with Gasteiger partial charge in [-0.25, -0.2) is 23.3 Å². The van der Waals surface area contributed by atoms with E-state index in [0.717, 1.165) is 25.7 Å². The molecule has 2 rings (SSSR count). The average molecular weight is 311 g/mol. The van der Waals surface area contributed by atoms with Gasteiger partial charge in [0.1, 0.15) is 0 Å². The minimum absolute atomic E-state index is 0. The van der Waals surface area contributed by atoms with Gasteiger partial charge in [-0.15, -0.1) is 26.0 Å². The van der Waals surface area contributed by atoms with E-state index in [1.54, 1.807) is 0 Å². The van der Waals surface area contributed by atoms with Gasteiger partial charge in [0.05, 0.1) is 0 Å². The topological polar surface area (TPSA) is 0 Å². The van der Waals surface area contributed by atoms with Crippen molar-refractivity contribution >= 4 is 0 Å². The van der Waals surface area contributed by atoms with Gasteiger partial charge in [-0.2, -0.15) is 12.2 Å². The summed E-state index contributed by atoms with van der Waals surface area (Å²) < 4.78 is 0. The van der Waals surface area contributed by atoms with Crippen LogP contribution < -0.4 is 0 Å². The average Bonchev–Trinajstić information content (AvgIpc) is 2.92. The Hall–Kier alpha value is -0.937. The van der Waals surface area contributed by atoms with Crippen molar-refractivity contribution in [2.75, 3.05) is 0 Å². The van der Waals surface area contributed by atoms with Gasteiger partial charge in [0.25, 0.3) is 0 Å². The molecule has 0 bridgehead atoms.